The van der Waals surface area contributed by atoms with Crippen LogP contribution >= 0.6 is 11.6 Å². The second-order valence-electron chi connectivity index (χ2n) is 4.76. The van der Waals surface area contributed by atoms with Crippen molar-refractivity contribution in [2.24, 2.45) is 0 Å². The van der Waals surface area contributed by atoms with E-state index in [0.29, 0.717) is 17.7 Å². The summed E-state index contributed by atoms with van der Waals surface area (Å²) in [4.78, 5) is 10.4. The van der Waals surface area contributed by atoms with Crippen molar-refractivity contribution in [1.82, 2.24) is 0 Å². The Balaban J connectivity index is 2.38. The molecule has 4 nitrogen and oxygen atoms in total. The molecule has 0 unspecified atom stereocenters. The van der Waals surface area contributed by atoms with E-state index in [0.717, 1.165) is 6.07 Å². The van der Waals surface area contributed by atoms with Crippen LogP contribution < -0.4 is 4.18 Å². The van der Waals surface area contributed by atoms with Crippen LogP contribution in [0.15, 0.2) is 47.4 Å². The zero-order valence-corrected chi connectivity index (χ0v) is 13.7. The van der Waals surface area contributed by atoms with Crippen molar-refractivity contribution in [2.45, 2.75) is 18.0 Å². The summed E-state index contributed by atoms with van der Waals surface area (Å²) in [5, 5.41) is -0.400. The Kier molecular flexibility index (Phi) is 4.91. The van der Waals surface area contributed by atoms with E-state index in [1.807, 2.05) is 0 Å². The first-order valence-electron chi connectivity index (χ1n) is 6.43. The fraction of sp³-hybridized carbons (Fsp3) is 0.133. The lowest BCUT2D eigenvalue weighted by molar-refractivity contribution is -0.137. The van der Waals surface area contributed by atoms with Gasteiger partial charge in [-0.3, -0.25) is 4.79 Å². The van der Waals surface area contributed by atoms with Crippen LogP contribution in [0.25, 0.3) is 0 Å². The molecule has 0 bridgehead atoms. The van der Waals surface area contributed by atoms with Crippen LogP contribution in [0, 0.1) is 0 Å². The standard InChI is InChI=1S/C15H10ClF3O4S/c1-9(20)10-2-5-12(6-3-10)23-24(21,22)14-8-11(15(17,18)19)4-7-13(14)16/h2-8H,1H3. The van der Waals surface area contributed by atoms with Crippen molar-refractivity contribution in [3.05, 3.63) is 58.6 Å². The molecule has 0 atom stereocenters. The smallest absolute Gasteiger partial charge is 0.379 e. The topological polar surface area (TPSA) is 60.4 Å². The summed E-state index contributed by atoms with van der Waals surface area (Å²) in [6, 6.07) is 7.01. The Morgan fingerprint density at radius 1 is 1.08 bits per heavy atom. The predicted molar refractivity (Wildman–Crippen MR) is 80.7 cm³/mol. The summed E-state index contributed by atoms with van der Waals surface area (Å²) < 4.78 is 67.3. The van der Waals surface area contributed by atoms with E-state index in [1.54, 1.807) is 0 Å². The average Bonchev–Trinajstić information content (AvgIpc) is 2.46. The predicted octanol–water partition coefficient (Wildman–Crippen LogP) is 4.33. The van der Waals surface area contributed by atoms with Gasteiger partial charge in [0.15, 0.2) is 5.78 Å². The molecule has 0 saturated carbocycles. The molecular weight excluding hydrogens is 369 g/mol. The minimum atomic E-state index is -4.72. The average molecular weight is 379 g/mol. The van der Waals surface area contributed by atoms with Crippen LogP contribution in [0.3, 0.4) is 0 Å². The Morgan fingerprint density at radius 3 is 2.17 bits per heavy atom. The zero-order chi connectivity index (χ0) is 18.1. The van der Waals surface area contributed by atoms with Crippen LogP contribution in [0.4, 0.5) is 13.2 Å². The third-order valence-corrected chi connectivity index (χ3v) is 4.72. The Bertz CT molecular complexity index is 875. The van der Waals surface area contributed by atoms with Crippen LogP contribution in [-0.4, -0.2) is 14.2 Å². The fourth-order valence-corrected chi connectivity index (χ4v) is 3.22. The molecule has 0 radical (unpaired) electrons. The summed E-state index contributed by atoms with van der Waals surface area (Å²) in [5.41, 5.74) is -0.835. The first kappa shape index (κ1) is 18.3. The van der Waals surface area contributed by atoms with Gasteiger partial charge < -0.3 is 4.18 Å². The molecule has 0 aliphatic heterocycles. The third-order valence-electron chi connectivity index (χ3n) is 2.99. The Morgan fingerprint density at radius 2 is 1.67 bits per heavy atom. The van der Waals surface area contributed by atoms with E-state index in [2.05, 4.69) is 0 Å². The van der Waals surface area contributed by atoms with Crippen molar-refractivity contribution in [2.75, 3.05) is 0 Å². The van der Waals surface area contributed by atoms with Crippen molar-refractivity contribution in [3.63, 3.8) is 0 Å². The lowest BCUT2D eigenvalue weighted by atomic mass is 10.1. The lowest BCUT2D eigenvalue weighted by Crippen LogP contribution is -2.13. The van der Waals surface area contributed by atoms with Crippen molar-refractivity contribution >= 4 is 27.5 Å². The van der Waals surface area contributed by atoms with Gasteiger partial charge in [0.25, 0.3) is 0 Å². The molecule has 24 heavy (non-hydrogen) atoms. The summed E-state index contributed by atoms with van der Waals surface area (Å²) in [7, 11) is -4.58. The minimum Gasteiger partial charge on any atom is -0.379 e. The van der Waals surface area contributed by atoms with Gasteiger partial charge in [0.2, 0.25) is 0 Å². The molecule has 0 N–H and O–H groups in total. The number of ketones is 1. The molecule has 0 heterocycles. The van der Waals surface area contributed by atoms with Gasteiger partial charge in [-0.15, -0.1) is 0 Å². The summed E-state index contributed by atoms with van der Waals surface area (Å²) in [6.07, 6.45) is -4.72. The molecule has 0 fully saturated rings. The van der Waals surface area contributed by atoms with E-state index in [-0.39, 0.29) is 11.5 Å². The van der Waals surface area contributed by atoms with Crippen molar-refractivity contribution < 1.29 is 30.6 Å². The normalized spacial score (nSPS) is 12.0. The fourth-order valence-electron chi connectivity index (χ4n) is 1.79. The van der Waals surface area contributed by atoms with E-state index in [4.69, 9.17) is 15.8 Å². The maximum absolute atomic E-state index is 12.7. The molecule has 0 spiro atoms. The number of alkyl halides is 3. The highest BCUT2D eigenvalue weighted by Gasteiger charge is 2.33. The third kappa shape index (κ3) is 4.07. The molecule has 0 aliphatic rings. The SMILES string of the molecule is CC(=O)c1ccc(OS(=O)(=O)c2cc(C(F)(F)F)ccc2Cl)cc1. The number of rotatable bonds is 4. The minimum absolute atomic E-state index is 0.159. The zero-order valence-electron chi connectivity index (χ0n) is 12.1. The highest BCUT2D eigenvalue weighted by atomic mass is 35.5. The highest BCUT2D eigenvalue weighted by molar-refractivity contribution is 7.87. The van der Waals surface area contributed by atoms with Crippen molar-refractivity contribution in [1.29, 1.82) is 0 Å². The summed E-state index contributed by atoms with van der Waals surface area (Å²) in [6.45, 7) is 1.33. The van der Waals surface area contributed by atoms with Gasteiger partial charge in [0.05, 0.1) is 10.6 Å². The van der Waals surface area contributed by atoms with Gasteiger partial charge in [0, 0.05) is 5.56 Å². The quantitative estimate of drug-likeness (QED) is 0.587. The monoisotopic (exact) mass is 378 g/mol. The van der Waals surface area contributed by atoms with Crippen LogP contribution in [0.2, 0.25) is 5.02 Å². The molecule has 0 aromatic heterocycles. The summed E-state index contributed by atoms with van der Waals surface area (Å²) >= 11 is 5.69. The number of halogens is 4. The van der Waals surface area contributed by atoms with E-state index >= 15 is 0 Å². The molecule has 9 heteroatoms. The second kappa shape index (κ2) is 6.45. The number of Topliss-reactive ketones (excluding diaryl/α,β-unsaturated/α-hetero) is 1. The van der Waals surface area contributed by atoms with Crippen LogP contribution in [0.5, 0.6) is 5.75 Å². The number of carbonyl (C=O) groups is 1. The molecule has 2 aromatic rings. The first-order valence-corrected chi connectivity index (χ1v) is 8.21. The number of carbonyl (C=O) groups excluding carboxylic acids is 1. The van der Waals surface area contributed by atoms with Crippen LogP contribution in [0.1, 0.15) is 22.8 Å². The van der Waals surface area contributed by atoms with Gasteiger partial charge >= 0.3 is 16.3 Å². The van der Waals surface area contributed by atoms with Gasteiger partial charge in [-0.1, -0.05) is 11.6 Å². The van der Waals surface area contributed by atoms with Gasteiger partial charge in [0.1, 0.15) is 10.6 Å². The number of benzene rings is 2. The van der Waals surface area contributed by atoms with E-state index < -0.39 is 31.8 Å². The highest BCUT2D eigenvalue weighted by Crippen LogP contribution is 2.34. The van der Waals surface area contributed by atoms with Gasteiger partial charge in [-0.05, 0) is 49.4 Å². The molecule has 2 rings (SSSR count). The Hall–Kier alpha value is -2.06. The molecule has 0 aliphatic carbocycles. The second-order valence-corrected chi connectivity index (χ2v) is 6.68. The number of hydrogen-bond donors (Lipinski definition) is 0. The van der Waals surface area contributed by atoms with E-state index in [9.17, 15) is 26.4 Å². The first-order chi connectivity index (χ1) is 11.0. The van der Waals surface area contributed by atoms with Crippen molar-refractivity contribution in [3.8, 4) is 5.75 Å². The van der Waals surface area contributed by atoms with Crippen LogP contribution in [-0.2, 0) is 16.3 Å². The summed E-state index contributed by atoms with van der Waals surface area (Å²) in [5.74, 6) is -0.390. The molecule has 2 aromatic carbocycles. The van der Waals surface area contributed by atoms with Gasteiger partial charge in [-0.25, -0.2) is 0 Å². The number of hydrogen-bond acceptors (Lipinski definition) is 4. The van der Waals surface area contributed by atoms with E-state index in [1.165, 1.54) is 31.2 Å². The molecule has 0 amide bonds. The lowest BCUT2D eigenvalue weighted by Gasteiger charge is -2.12. The van der Waals surface area contributed by atoms with Gasteiger partial charge in [-0.2, -0.15) is 21.6 Å². The molecular formula is C15H10ClF3O4S. The maximum atomic E-state index is 12.7. The maximum Gasteiger partial charge on any atom is 0.416 e. The molecule has 0 saturated heterocycles. The molecule has 128 valence electrons. The Labute approximate surface area is 140 Å². The largest absolute Gasteiger partial charge is 0.416 e.